The summed E-state index contributed by atoms with van der Waals surface area (Å²) in [6.45, 7) is 3.18. The van der Waals surface area contributed by atoms with Gasteiger partial charge in [-0.3, -0.25) is 4.79 Å². The lowest BCUT2D eigenvalue weighted by Gasteiger charge is -2.33. The summed E-state index contributed by atoms with van der Waals surface area (Å²) in [7, 11) is 3.51. The highest BCUT2D eigenvalue weighted by Gasteiger charge is 2.31. The number of furan rings is 1. The summed E-state index contributed by atoms with van der Waals surface area (Å²) in [6.07, 6.45) is 7.45. The van der Waals surface area contributed by atoms with Crippen LogP contribution >= 0.6 is 24.0 Å². The third-order valence-corrected chi connectivity index (χ3v) is 5.05. The van der Waals surface area contributed by atoms with Crippen molar-refractivity contribution in [2.75, 3.05) is 40.3 Å². The Kier molecular flexibility index (Phi) is 8.88. The normalized spacial score (nSPS) is 18.7. The van der Waals surface area contributed by atoms with Crippen LogP contribution in [-0.4, -0.2) is 74.0 Å². The Morgan fingerprint density at radius 3 is 2.63 bits per heavy atom. The summed E-state index contributed by atoms with van der Waals surface area (Å²) in [6, 6.07) is 5.11. The summed E-state index contributed by atoms with van der Waals surface area (Å²) >= 11 is 0. The highest BCUT2D eigenvalue weighted by atomic mass is 127. The van der Waals surface area contributed by atoms with Crippen molar-refractivity contribution in [3.05, 3.63) is 24.2 Å². The summed E-state index contributed by atoms with van der Waals surface area (Å²) in [5, 5.41) is 6.86. The second-order valence-corrected chi connectivity index (χ2v) is 7.39. The number of aliphatic imine (C=N–C) groups is 1. The number of carbonyl (C=O) groups is 1. The molecule has 27 heavy (non-hydrogen) atoms. The molecule has 1 saturated carbocycles. The van der Waals surface area contributed by atoms with Gasteiger partial charge in [-0.05, 0) is 37.8 Å². The summed E-state index contributed by atoms with van der Waals surface area (Å²) in [5.74, 6) is 1.66. The lowest BCUT2D eigenvalue weighted by molar-refractivity contribution is -0.127. The van der Waals surface area contributed by atoms with Crippen molar-refractivity contribution in [2.24, 2.45) is 4.99 Å². The lowest BCUT2D eigenvalue weighted by Crippen LogP contribution is -2.49. The van der Waals surface area contributed by atoms with Gasteiger partial charge in [0.25, 0.3) is 0 Å². The molecule has 1 aromatic heterocycles. The van der Waals surface area contributed by atoms with E-state index >= 15 is 0 Å². The van der Waals surface area contributed by atoms with Gasteiger partial charge in [0.15, 0.2) is 5.96 Å². The van der Waals surface area contributed by atoms with E-state index in [4.69, 9.17) is 4.42 Å². The van der Waals surface area contributed by atoms with Gasteiger partial charge in [0.05, 0.1) is 6.26 Å². The molecule has 3 rings (SSSR count). The van der Waals surface area contributed by atoms with Crippen molar-refractivity contribution in [2.45, 2.75) is 44.2 Å². The molecule has 152 valence electrons. The Hall–Kier alpha value is -1.29. The van der Waals surface area contributed by atoms with E-state index in [1.807, 2.05) is 12.1 Å². The van der Waals surface area contributed by atoms with Crippen LogP contribution in [0.5, 0.6) is 0 Å². The molecule has 2 fully saturated rings. The van der Waals surface area contributed by atoms with Gasteiger partial charge in [-0.15, -0.1) is 24.0 Å². The number of likely N-dealkylation sites (N-methyl/N-ethyl adjacent to an activating group) is 1. The van der Waals surface area contributed by atoms with Crippen molar-refractivity contribution >= 4 is 35.8 Å². The second kappa shape index (κ2) is 10.9. The molecule has 1 aliphatic heterocycles. The van der Waals surface area contributed by atoms with E-state index in [9.17, 15) is 4.79 Å². The number of guanidine groups is 1. The number of rotatable bonds is 7. The number of nitrogens with zero attached hydrogens (tertiary/aromatic N) is 3. The number of hydrogen-bond acceptors (Lipinski definition) is 4. The van der Waals surface area contributed by atoms with Gasteiger partial charge in [0.1, 0.15) is 12.3 Å². The molecule has 0 radical (unpaired) electrons. The van der Waals surface area contributed by atoms with Crippen LogP contribution in [0.15, 0.2) is 27.8 Å². The zero-order valence-electron chi connectivity index (χ0n) is 16.3. The average molecular weight is 489 g/mol. The quantitative estimate of drug-likeness (QED) is 0.347. The standard InChI is InChI=1S/C19H31N5O2.HI/c1-23(2)18(25)14-21-19(20-10-7-17-4-3-13-26-17)22-15-8-11-24(12-9-15)16-5-6-16;/h3-4,13,15-16H,5-12,14H2,1-2H3,(H2,20,21,22);1H. The first-order valence-electron chi connectivity index (χ1n) is 9.63. The van der Waals surface area contributed by atoms with Crippen molar-refractivity contribution in [1.82, 2.24) is 20.4 Å². The van der Waals surface area contributed by atoms with Gasteiger partial charge < -0.3 is 24.9 Å². The maximum atomic E-state index is 11.9. The molecule has 7 nitrogen and oxygen atoms in total. The maximum absolute atomic E-state index is 11.9. The van der Waals surface area contributed by atoms with Gasteiger partial charge in [-0.25, -0.2) is 4.99 Å². The number of amides is 1. The minimum Gasteiger partial charge on any atom is -0.469 e. The van der Waals surface area contributed by atoms with Crippen LogP contribution in [0, 0.1) is 0 Å². The highest BCUT2D eigenvalue weighted by Crippen LogP contribution is 2.29. The number of hydrogen-bond donors (Lipinski definition) is 2. The van der Waals surface area contributed by atoms with E-state index in [1.165, 1.54) is 12.8 Å². The molecule has 1 saturated heterocycles. The summed E-state index contributed by atoms with van der Waals surface area (Å²) < 4.78 is 5.37. The third-order valence-electron chi connectivity index (χ3n) is 5.05. The van der Waals surface area contributed by atoms with E-state index in [0.29, 0.717) is 6.04 Å². The average Bonchev–Trinajstić information content (AvgIpc) is 3.36. The van der Waals surface area contributed by atoms with Crippen molar-refractivity contribution in [3.8, 4) is 0 Å². The van der Waals surface area contributed by atoms with E-state index in [2.05, 4.69) is 20.5 Å². The first-order chi connectivity index (χ1) is 12.6. The van der Waals surface area contributed by atoms with Gasteiger partial charge >= 0.3 is 0 Å². The molecule has 2 aliphatic rings. The largest absolute Gasteiger partial charge is 0.469 e. The molecule has 0 bridgehead atoms. The van der Waals surface area contributed by atoms with Crippen LogP contribution in [0.1, 0.15) is 31.4 Å². The lowest BCUT2D eigenvalue weighted by atomic mass is 10.1. The molecular formula is C19H32IN5O2. The van der Waals surface area contributed by atoms with Gasteiger partial charge in [0.2, 0.25) is 5.91 Å². The van der Waals surface area contributed by atoms with E-state index in [-0.39, 0.29) is 36.4 Å². The minimum atomic E-state index is 0. The van der Waals surface area contributed by atoms with E-state index < -0.39 is 0 Å². The smallest absolute Gasteiger partial charge is 0.243 e. The van der Waals surface area contributed by atoms with E-state index in [0.717, 1.165) is 56.7 Å². The molecule has 0 aromatic carbocycles. The maximum Gasteiger partial charge on any atom is 0.243 e. The Bertz CT molecular complexity index is 593. The molecule has 8 heteroatoms. The fourth-order valence-electron chi connectivity index (χ4n) is 3.24. The predicted octanol–water partition coefficient (Wildman–Crippen LogP) is 1.69. The Morgan fingerprint density at radius 1 is 1.30 bits per heavy atom. The van der Waals surface area contributed by atoms with Gasteiger partial charge in [-0.1, -0.05) is 0 Å². The van der Waals surface area contributed by atoms with Crippen LogP contribution in [0.3, 0.4) is 0 Å². The monoisotopic (exact) mass is 489 g/mol. The molecule has 0 spiro atoms. The molecule has 2 N–H and O–H groups in total. The van der Waals surface area contributed by atoms with Crippen LogP contribution in [-0.2, 0) is 11.2 Å². The molecule has 1 amide bonds. The van der Waals surface area contributed by atoms with Crippen LogP contribution < -0.4 is 10.6 Å². The number of likely N-dealkylation sites (tertiary alicyclic amines) is 1. The summed E-state index contributed by atoms with van der Waals surface area (Å²) in [4.78, 5) is 20.5. The zero-order valence-corrected chi connectivity index (χ0v) is 18.6. The van der Waals surface area contributed by atoms with Crippen LogP contribution in [0.25, 0.3) is 0 Å². The van der Waals surface area contributed by atoms with Crippen LogP contribution in [0.2, 0.25) is 0 Å². The Morgan fingerprint density at radius 2 is 2.04 bits per heavy atom. The molecular weight excluding hydrogens is 457 g/mol. The topological polar surface area (TPSA) is 73.1 Å². The minimum absolute atomic E-state index is 0. The molecule has 0 atom stereocenters. The third kappa shape index (κ3) is 7.33. The first-order valence-corrected chi connectivity index (χ1v) is 9.63. The van der Waals surface area contributed by atoms with Crippen molar-refractivity contribution < 1.29 is 9.21 Å². The molecule has 2 heterocycles. The number of piperidine rings is 1. The van der Waals surface area contributed by atoms with Crippen molar-refractivity contribution in [1.29, 1.82) is 0 Å². The first kappa shape index (κ1) is 22.0. The predicted molar refractivity (Wildman–Crippen MR) is 118 cm³/mol. The SMILES string of the molecule is CN(C)C(=O)CN=C(NCCc1ccco1)NC1CCN(C2CC2)CC1.I. The van der Waals surface area contributed by atoms with Crippen LogP contribution in [0.4, 0.5) is 0 Å². The molecule has 1 aliphatic carbocycles. The Balaban J connectivity index is 0.00000261. The number of nitrogens with one attached hydrogen (secondary N) is 2. The number of carbonyl (C=O) groups excluding carboxylic acids is 1. The highest BCUT2D eigenvalue weighted by molar-refractivity contribution is 14.0. The molecule has 0 unspecified atom stereocenters. The Labute approximate surface area is 179 Å². The number of halogens is 1. The second-order valence-electron chi connectivity index (χ2n) is 7.39. The van der Waals surface area contributed by atoms with Gasteiger partial charge in [-0.2, -0.15) is 0 Å². The van der Waals surface area contributed by atoms with Crippen molar-refractivity contribution in [3.63, 3.8) is 0 Å². The fraction of sp³-hybridized carbons (Fsp3) is 0.684. The summed E-state index contributed by atoms with van der Waals surface area (Å²) in [5.41, 5.74) is 0. The molecule has 1 aromatic rings. The van der Waals surface area contributed by atoms with Gasteiger partial charge in [0, 0.05) is 52.2 Å². The van der Waals surface area contributed by atoms with E-state index in [1.54, 1.807) is 25.3 Å². The zero-order chi connectivity index (χ0) is 18.4. The fourth-order valence-corrected chi connectivity index (χ4v) is 3.24.